The van der Waals surface area contributed by atoms with E-state index in [1.807, 2.05) is 18.2 Å². The minimum Gasteiger partial charge on any atom is -0.381 e. The molecule has 1 amide bonds. The number of amides is 1. The standard InChI is InChI=1S/C17H13Cl2N3O/c18-15-2-1-3-16(19)14(15)9-21-12-5-4-11-10-22(7-6-20)17(23)13(11)8-12/h1-5,8,21H,7,9-10H2. The Balaban J connectivity index is 1.77. The molecule has 0 atom stereocenters. The smallest absolute Gasteiger partial charge is 0.255 e. The second-order valence-electron chi connectivity index (χ2n) is 5.25. The molecule has 0 radical (unpaired) electrons. The van der Waals surface area contributed by atoms with Crippen LogP contribution in [0, 0.1) is 11.3 Å². The number of carbonyl (C=O) groups excluding carboxylic acids is 1. The maximum Gasteiger partial charge on any atom is 0.255 e. The summed E-state index contributed by atoms with van der Waals surface area (Å²) in [4.78, 5) is 13.8. The summed E-state index contributed by atoms with van der Waals surface area (Å²) in [6, 6.07) is 13.0. The molecule has 0 bridgehead atoms. The van der Waals surface area contributed by atoms with E-state index >= 15 is 0 Å². The van der Waals surface area contributed by atoms with E-state index in [9.17, 15) is 4.79 Å². The van der Waals surface area contributed by atoms with Gasteiger partial charge in [-0.15, -0.1) is 0 Å². The number of anilines is 1. The van der Waals surface area contributed by atoms with E-state index in [-0.39, 0.29) is 12.5 Å². The van der Waals surface area contributed by atoms with Crippen LogP contribution in [0.25, 0.3) is 0 Å². The zero-order chi connectivity index (χ0) is 16.4. The lowest BCUT2D eigenvalue weighted by Gasteiger charge is -2.10. The molecule has 0 aromatic heterocycles. The first-order valence-electron chi connectivity index (χ1n) is 7.06. The van der Waals surface area contributed by atoms with Gasteiger partial charge < -0.3 is 10.2 Å². The van der Waals surface area contributed by atoms with E-state index in [1.54, 1.807) is 24.3 Å². The van der Waals surface area contributed by atoms with Gasteiger partial charge in [0.2, 0.25) is 0 Å². The highest BCUT2D eigenvalue weighted by Crippen LogP contribution is 2.28. The number of hydrogen-bond donors (Lipinski definition) is 1. The van der Waals surface area contributed by atoms with Crippen molar-refractivity contribution < 1.29 is 4.79 Å². The molecule has 116 valence electrons. The molecule has 1 heterocycles. The Hall–Kier alpha value is -2.22. The number of benzene rings is 2. The number of hydrogen-bond acceptors (Lipinski definition) is 3. The minimum atomic E-state index is -0.110. The topological polar surface area (TPSA) is 56.1 Å². The van der Waals surface area contributed by atoms with Gasteiger partial charge in [0.15, 0.2) is 0 Å². The van der Waals surface area contributed by atoms with Crippen LogP contribution in [0.1, 0.15) is 21.5 Å². The second kappa shape index (κ2) is 6.49. The monoisotopic (exact) mass is 345 g/mol. The molecule has 23 heavy (non-hydrogen) atoms. The van der Waals surface area contributed by atoms with Crippen LogP contribution in [0.4, 0.5) is 5.69 Å². The molecule has 0 aliphatic carbocycles. The highest BCUT2D eigenvalue weighted by atomic mass is 35.5. The summed E-state index contributed by atoms with van der Waals surface area (Å²) in [5.74, 6) is -0.110. The number of rotatable bonds is 4. The third-order valence-corrected chi connectivity index (χ3v) is 4.49. The van der Waals surface area contributed by atoms with Crippen LogP contribution in [-0.2, 0) is 13.1 Å². The van der Waals surface area contributed by atoms with Crippen molar-refractivity contribution in [1.82, 2.24) is 4.90 Å². The molecule has 0 spiro atoms. The van der Waals surface area contributed by atoms with Gasteiger partial charge >= 0.3 is 0 Å². The molecule has 1 N–H and O–H groups in total. The number of carbonyl (C=O) groups is 1. The molecule has 1 aliphatic heterocycles. The fraction of sp³-hybridized carbons (Fsp3) is 0.176. The van der Waals surface area contributed by atoms with Crippen LogP contribution in [0.5, 0.6) is 0 Å². The molecule has 0 fully saturated rings. The van der Waals surface area contributed by atoms with Crippen molar-refractivity contribution in [2.24, 2.45) is 0 Å². The number of nitriles is 1. The molecule has 6 heteroatoms. The van der Waals surface area contributed by atoms with Gasteiger partial charge in [-0.2, -0.15) is 5.26 Å². The SMILES string of the molecule is N#CCN1Cc2ccc(NCc3c(Cl)cccc3Cl)cc2C1=O. The highest BCUT2D eigenvalue weighted by molar-refractivity contribution is 6.36. The summed E-state index contributed by atoms with van der Waals surface area (Å²) < 4.78 is 0. The number of fused-ring (bicyclic) bond motifs is 1. The first-order valence-corrected chi connectivity index (χ1v) is 7.81. The predicted molar refractivity (Wildman–Crippen MR) is 90.6 cm³/mol. The van der Waals surface area contributed by atoms with Gasteiger partial charge in [0.25, 0.3) is 5.91 Å². The second-order valence-corrected chi connectivity index (χ2v) is 6.06. The van der Waals surface area contributed by atoms with Crippen molar-refractivity contribution in [2.75, 3.05) is 11.9 Å². The molecule has 4 nitrogen and oxygen atoms in total. The van der Waals surface area contributed by atoms with Crippen molar-refractivity contribution in [3.8, 4) is 6.07 Å². The predicted octanol–water partition coefficient (Wildman–Crippen LogP) is 4.08. The van der Waals surface area contributed by atoms with E-state index in [4.69, 9.17) is 28.5 Å². The normalized spacial score (nSPS) is 12.9. The Labute approximate surface area is 144 Å². The van der Waals surface area contributed by atoms with Crippen molar-refractivity contribution in [3.05, 3.63) is 63.1 Å². The van der Waals surface area contributed by atoms with Gasteiger partial charge in [-0.05, 0) is 29.8 Å². The van der Waals surface area contributed by atoms with Crippen molar-refractivity contribution in [2.45, 2.75) is 13.1 Å². The van der Waals surface area contributed by atoms with Crippen LogP contribution in [0.15, 0.2) is 36.4 Å². The lowest BCUT2D eigenvalue weighted by atomic mass is 10.1. The molecule has 0 unspecified atom stereocenters. The molecular formula is C17H13Cl2N3O. The summed E-state index contributed by atoms with van der Waals surface area (Å²) in [5, 5.41) is 13.2. The molecule has 0 saturated heterocycles. The van der Waals surface area contributed by atoms with Crippen LogP contribution in [0.3, 0.4) is 0 Å². The maximum absolute atomic E-state index is 12.2. The van der Waals surface area contributed by atoms with E-state index in [2.05, 4.69) is 5.32 Å². The fourth-order valence-corrected chi connectivity index (χ4v) is 3.11. The largest absolute Gasteiger partial charge is 0.381 e. The Morgan fingerprint density at radius 2 is 1.96 bits per heavy atom. The van der Waals surface area contributed by atoms with Crippen molar-refractivity contribution >= 4 is 34.8 Å². The zero-order valence-electron chi connectivity index (χ0n) is 12.1. The summed E-state index contributed by atoms with van der Waals surface area (Å²) in [6.45, 7) is 1.05. The van der Waals surface area contributed by atoms with E-state index in [0.29, 0.717) is 28.7 Å². The summed E-state index contributed by atoms with van der Waals surface area (Å²) in [6.07, 6.45) is 0. The average molecular weight is 346 g/mol. The Morgan fingerprint density at radius 3 is 2.65 bits per heavy atom. The third kappa shape index (κ3) is 3.12. The summed E-state index contributed by atoms with van der Waals surface area (Å²) in [5.41, 5.74) is 3.20. The fourth-order valence-electron chi connectivity index (χ4n) is 2.58. The molecule has 2 aromatic carbocycles. The maximum atomic E-state index is 12.2. The van der Waals surface area contributed by atoms with Crippen LogP contribution < -0.4 is 5.32 Å². The molecule has 2 aromatic rings. The van der Waals surface area contributed by atoms with Gasteiger partial charge in [-0.25, -0.2) is 0 Å². The Morgan fingerprint density at radius 1 is 1.22 bits per heavy atom. The quantitative estimate of drug-likeness (QED) is 0.849. The summed E-state index contributed by atoms with van der Waals surface area (Å²) in [7, 11) is 0. The van der Waals surface area contributed by atoms with Crippen LogP contribution in [0.2, 0.25) is 10.0 Å². The van der Waals surface area contributed by atoms with E-state index in [0.717, 1.165) is 16.8 Å². The number of nitrogens with one attached hydrogen (secondary N) is 1. The first-order chi connectivity index (χ1) is 11.1. The molecular weight excluding hydrogens is 333 g/mol. The first kappa shape index (κ1) is 15.7. The lowest BCUT2D eigenvalue weighted by molar-refractivity contribution is 0.0798. The van der Waals surface area contributed by atoms with Gasteiger partial charge in [0.05, 0.1) is 6.07 Å². The average Bonchev–Trinajstić information content (AvgIpc) is 2.84. The van der Waals surface area contributed by atoms with Gasteiger partial charge in [-0.3, -0.25) is 4.79 Å². The lowest BCUT2D eigenvalue weighted by Crippen LogP contribution is -2.23. The minimum absolute atomic E-state index is 0.103. The Kier molecular flexibility index (Phi) is 4.42. The third-order valence-electron chi connectivity index (χ3n) is 3.78. The van der Waals surface area contributed by atoms with Gasteiger partial charge in [-0.1, -0.05) is 35.3 Å². The van der Waals surface area contributed by atoms with Crippen LogP contribution >= 0.6 is 23.2 Å². The summed E-state index contributed by atoms with van der Waals surface area (Å²) >= 11 is 12.3. The number of halogens is 2. The molecule has 1 aliphatic rings. The van der Waals surface area contributed by atoms with Crippen LogP contribution in [-0.4, -0.2) is 17.4 Å². The van der Waals surface area contributed by atoms with Crippen molar-refractivity contribution in [1.29, 1.82) is 5.26 Å². The van der Waals surface area contributed by atoms with Crippen molar-refractivity contribution in [3.63, 3.8) is 0 Å². The molecule has 3 rings (SSSR count). The number of nitrogens with zero attached hydrogens (tertiary/aromatic N) is 2. The van der Waals surface area contributed by atoms with E-state index < -0.39 is 0 Å². The zero-order valence-corrected chi connectivity index (χ0v) is 13.7. The Bertz CT molecular complexity index is 794. The molecule has 0 saturated carbocycles. The van der Waals surface area contributed by atoms with Gasteiger partial charge in [0, 0.05) is 39.9 Å². The van der Waals surface area contributed by atoms with E-state index in [1.165, 1.54) is 4.90 Å². The van der Waals surface area contributed by atoms with Gasteiger partial charge in [0.1, 0.15) is 6.54 Å². The highest BCUT2D eigenvalue weighted by Gasteiger charge is 2.27.